The Hall–Kier alpha value is -1.70. The summed E-state index contributed by atoms with van der Waals surface area (Å²) in [4.78, 5) is 0. The van der Waals surface area contributed by atoms with Gasteiger partial charge in [-0.3, -0.25) is 0 Å². The van der Waals surface area contributed by atoms with Crippen LogP contribution in [0.4, 0.5) is 0 Å². The van der Waals surface area contributed by atoms with Gasteiger partial charge in [0.05, 0.1) is 13.2 Å². The van der Waals surface area contributed by atoms with Crippen molar-refractivity contribution in [2.24, 2.45) is 0 Å². The summed E-state index contributed by atoms with van der Waals surface area (Å²) in [6.07, 6.45) is 0. The average molecular weight is 309 g/mol. The molecule has 7 heteroatoms. The van der Waals surface area contributed by atoms with Gasteiger partial charge in [-0.1, -0.05) is 16.4 Å². The van der Waals surface area contributed by atoms with Gasteiger partial charge < -0.3 is 19.5 Å². The first kappa shape index (κ1) is 15.7. The van der Waals surface area contributed by atoms with E-state index in [1.54, 1.807) is 7.11 Å². The molecule has 1 N–H and O–H groups in total. The van der Waals surface area contributed by atoms with Crippen molar-refractivity contribution in [1.82, 2.24) is 15.5 Å². The monoisotopic (exact) mass is 309 g/mol. The molecule has 6 nitrogen and oxygen atoms in total. The minimum Gasteiger partial charge on any atom is -0.494 e. The fourth-order valence-corrected chi connectivity index (χ4v) is 2.27. The van der Waals surface area contributed by atoms with Gasteiger partial charge in [0.25, 0.3) is 5.19 Å². The van der Waals surface area contributed by atoms with E-state index >= 15 is 0 Å². The molecule has 0 unspecified atom stereocenters. The van der Waals surface area contributed by atoms with E-state index in [1.165, 1.54) is 11.3 Å². The van der Waals surface area contributed by atoms with E-state index in [0.717, 1.165) is 17.3 Å². The molecule has 0 saturated carbocycles. The Morgan fingerprint density at radius 1 is 1.14 bits per heavy atom. The number of aromatic nitrogens is 2. The Balaban J connectivity index is 1.84. The first-order valence-corrected chi connectivity index (χ1v) is 7.56. The molecule has 1 aromatic carbocycles. The number of rotatable bonds is 9. The van der Waals surface area contributed by atoms with Crippen LogP contribution in [-0.4, -0.2) is 37.1 Å². The van der Waals surface area contributed by atoms with Crippen molar-refractivity contribution in [1.29, 1.82) is 0 Å². The molecule has 0 bridgehead atoms. The standard InChI is InChI=1S/C14H19N3O3S/c1-3-19-11-4-6-12(7-5-11)20-14-17-16-13(21-14)10-15-8-9-18-2/h4-7,15H,3,8-10H2,1-2H3. The van der Waals surface area contributed by atoms with Gasteiger partial charge in [-0.2, -0.15) is 0 Å². The van der Waals surface area contributed by atoms with Crippen molar-refractivity contribution in [3.8, 4) is 16.7 Å². The van der Waals surface area contributed by atoms with Crippen LogP contribution in [0.1, 0.15) is 11.9 Å². The van der Waals surface area contributed by atoms with E-state index in [0.29, 0.717) is 30.7 Å². The normalized spacial score (nSPS) is 10.6. The number of nitrogens with zero attached hydrogens (tertiary/aromatic N) is 2. The van der Waals surface area contributed by atoms with Gasteiger partial charge in [0, 0.05) is 20.2 Å². The van der Waals surface area contributed by atoms with Gasteiger partial charge in [-0.25, -0.2) is 0 Å². The molecule has 2 aromatic rings. The minimum atomic E-state index is 0.530. The van der Waals surface area contributed by atoms with Crippen LogP contribution in [0.3, 0.4) is 0 Å². The fraction of sp³-hybridized carbons (Fsp3) is 0.429. The summed E-state index contributed by atoms with van der Waals surface area (Å²) in [6.45, 7) is 4.72. The second-order valence-electron chi connectivity index (χ2n) is 4.14. The lowest BCUT2D eigenvalue weighted by Gasteiger charge is -2.04. The maximum absolute atomic E-state index is 5.66. The van der Waals surface area contributed by atoms with E-state index in [9.17, 15) is 0 Å². The second kappa shape index (κ2) is 8.56. The lowest BCUT2D eigenvalue weighted by Crippen LogP contribution is -2.18. The fourth-order valence-electron chi connectivity index (χ4n) is 1.59. The largest absolute Gasteiger partial charge is 0.494 e. The number of nitrogens with one attached hydrogen (secondary N) is 1. The van der Waals surface area contributed by atoms with Crippen LogP contribution < -0.4 is 14.8 Å². The van der Waals surface area contributed by atoms with E-state index in [2.05, 4.69) is 15.5 Å². The molecular weight excluding hydrogens is 290 g/mol. The summed E-state index contributed by atoms with van der Waals surface area (Å²) >= 11 is 1.42. The Bertz CT molecular complexity index is 531. The molecule has 0 fully saturated rings. The highest BCUT2D eigenvalue weighted by Gasteiger charge is 2.06. The van der Waals surface area contributed by atoms with Gasteiger partial charge in [-0.15, -0.1) is 5.10 Å². The van der Waals surface area contributed by atoms with Crippen LogP contribution >= 0.6 is 11.3 Å². The lowest BCUT2D eigenvalue weighted by molar-refractivity contribution is 0.199. The highest BCUT2D eigenvalue weighted by Crippen LogP contribution is 2.26. The number of benzene rings is 1. The van der Waals surface area contributed by atoms with Crippen molar-refractivity contribution in [3.63, 3.8) is 0 Å². The third-order valence-corrected chi connectivity index (χ3v) is 3.35. The number of hydrogen-bond donors (Lipinski definition) is 1. The molecule has 21 heavy (non-hydrogen) atoms. The van der Waals surface area contributed by atoms with Gasteiger partial charge in [0.2, 0.25) is 0 Å². The van der Waals surface area contributed by atoms with Crippen LogP contribution in [0.5, 0.6) is 16.7 Å². The summed E-state index contributed by atoms with van der Waals surface area (Å²) in [6, 6.07) is 7.44. The molecule has 0 spiro atoms. The van der Waals surface area contributed by atoms with Gasteiger partial charge in [-0.05, 0) is 31.2 Å². The summed E-state index contributed by atoms with van der Waals surface area (Å²) in [5, 5.41) is 12.7. The number of ether oxygens (including phenoxy) is 3. The quantitative estimate of drug-likeness (QED) is 0.718. The van der Waals surface area contributed by atoms with Crippen molar-refractivity contribution < 1.29 is 14.2 Å². The highest BCUT2D eigenvalue weighted by atomic mass is 32.1. The minimum absolute atomic E-state index is 0.530. The summed E-state index contributed by atoms with van der Waals surface area (Å²) < 4.78 is 16.0. The van der Waals surface area contributed by atoms with Crippen LogP contribution in [0, 0.1) is 0 Å². The molecule has 0 saturated heterocycles. The van der Waals surface area contributed by atoms with E-state index in [4.69, 9.17) is 14.2 Å². The lowest BCUT2D eigenvalue weighted by atomic mass is 10.3. The Morgan fingerprint density at radius 3 is 2.62 bits per heavy atom. The Labute approximate surface area is 128 Å². The average Bonchev–Trinajstić information content (AvgIpc) is 2.94. The van der Waals surface area contributed by atoms with Gasteiger partial charge in [0.15, 0.2) is 0 Å². The number of methoxy groups -OCH3 is 1. The third kappa shape index (κ3) is 5.30. The Morgan fingerprint density at radius 2 is 1.90 bits per heavy atom. The van der Waals surface area contributed by atoms with Crippen molar-refractivity contribution >= 4 is 11.3 Å². The molecule has 0 atom stereocenters. The van der Waals surface area contributed by atoms with Crippen LogP contribution in [0.2, 0.25) is 0 Å². The zero-order valence-corrected chi connectivity index (χ0v) is 13.0. The maximum atomic E-state index is 5.66. The molecule has 1 aromatic heterocycles. The first-order valence-electron chi connectivity index (χ1n) is 6.74. The summed E-state index contributed by atoms with van der Waals surface area (Å²) in [7, 11) is 1.68. The highest BCUT2D eigenvalue weighted by molar-refractivity contribution is 7.13. The topological polar surface area (TPSA) is 65.5 Å². The van der Waals surface area contributed by atoms with Crippen LogP contribution in [0.15, 0.2) is 24.3 Å². The van der Waals surface area contributed by atoms with E-state index < -0.39 is 0 Å². The van der Waals surface area contributed by atoms with E-state index in [1.807, 2.05) is 31.2 Å². The zero-order chi connectivity index (χ0) is 14.9. The molecule has 0 amide bonds. The molecule has 1 heterocycles. The summed E-state index contributed by atoms with van der Waals surface area (Å²) in [5.41, 5.74) is 0. The maximum Gasteiger partial charge on any atom is 0.299 e. The zero-order valence-electron chi connectivity index (χ0n) is 12.2. The molecule has 0 aliphatic carbocycles. The predicted molar refractivity (Wildman–Crippen MR) is 81.2 cm³/mol. The molecule has 114 valence electrons. The molecule has 0 aliphatic heterocycles. The van der Waals surface area contributed by atoms with Crippen LogP contribution in [-0.2, 0) is 11.3 Å². The smallest absolute Gasteiger partial charge is 0.299 e. The molecule has 0 radical (unpaired) electrons. The molecule has 2 rings (SSSR count). The van der Waals surface area contributed by atoms with Crippen molar-refractivity contribution in [2.45, 2.75) is 13.5 Å². The SMILES string of the molecule is CCOc1ccc(Oc2nnc(CNCCOC)s2)cc1. The predicted octanol–water partition coefficient (Wildman–Crippen LogP) is 2.47. The van der Waals surface area contributed by atoms with Crippen molar-refractivity contribution in [2.75, 3.05) is 26.9 Å². The molecule has 0 aliphatic rings. The third-order valence-electron chi connectivity index (χ3n) is 2.55. The summed E-state index contributed by atoms with van der Waals surface area (Å²) in [5.74, 6) is 1.54. The number of hydrogen-bond acceptors (Lipinski definition) is 7. The van der Waals surface area contributed by atoms with Crippen molar-refractivity contribution in [3.05, 3.63) is 29.3 Å². The van der Waals surface area contributed by atoms with Gasteiger partial charge in [0.1, 0.15) is 16.5 Å². The first-order chi connectivity index (χ1) is 10.3. The Kier molecular flexibility index (Phi) is 6.39. The van der Waals surface area contributed by atoms with E-state index in [-0.39, 0.29) is 0 Å². The van der Waals surface area contributed by atoms with Gasteiger partial charge >= 0.3 is 0 Å². The second-order valence-corrected chi connectivity index (χ2v) is 5.16. The van der Waals surface area contributed by atoms with Crippen LogP contribution in [0.25, 0.3) is 0 Å². The molecular formula is C14H19N3O3S.